The van der Waals surface area contributed by atoms with Crippen molar-refractivity contribution in [3.05, 3.63) is 28.3 Å². The number of aromatic nitrogens is 1. The lowest BCUT2D eigenvalue weighted by Crippen LogP contribution is -2.10. The molecule has 0 saturated heterocycles. The minimum Gasteiger partial charge on any atom is -0.423 e. The Hall–Kier alpha value is -2.11. The van der Waals surface area contributed by atoms with Crippen molar-refractivity contribution < 1.29 is 9.34 Å². The number of anilines is 1. The Morgan fingerprint density at radius 2 is 2.33 bits per heavy atom. The van der Waals surface area contributed by atoms with Crippen molar-refractivity contribution in [1.82, 2.24) is 4.98 Å². The van der Waals surface area contributed by atoms with Crippen LogP contribution in [-0.2, 0) is 0 Å². The molecule has 1 N–H and O–H groups in total. The van der Waals surface area contributed by atoms with Crippen LogP contribution in [0, 0.1) is 16.0 Å². The van der Waals surface area contributed by atoms with E-state index in [0.717, 1.165) is 13.0 Å². The Kier molecular flexibility index (Phi) is 3.45. The molecule has 0 aliphatic carbocycles. The van der Waals surface area contributed by atoms with Crippen LogP contribution in [0.4, 0.5) is 11.7 Å². The van der Waals surface area contributed by atoms with Gasteiger partial charge in [0.25, 0.3) is 11.7 Å². The third kappa shape index (κ3) is 2.58. The molecule has 18 heavy (non-hydrogen) atoms. The van der Waals surface area contributed by atoms with Gasteiger partial charge in [0.15, 0.2) is 5.58 Å². The highest BCUT2D eigenvalue weighted by Crippen LogP contribution is 2.23. The van der Waals surface area contributed by atoms with Crippen LogP contribution in [0.1, 0.15) is 20.3 Å². The minimum absolute atomic E-state index is 0.00660. The van der Waals surface area contributed by atoms with E-state index in [1.165, 1.54) is 12.1 Å². The number of rotatable bonds is 5. The van der Waals surface area contributed by atoms with Gasteiger partial charge in [-0.25, -0.2) is 0 Å². The number of nitro groups is 1. The second-order valence-corrected chi connectivity index (χ2v) is 4.32. The minimum atomic E-state index is -0.450. The SMILES string of the molecule is CCC(C)CNc1nc2ccc([N+](=O)[O-])cc2o1. The third-order valence-corrected chi connectivity index (χ3v) is 2.88. The summed E-state index contributed by atoms with van der Waals surface area (Å²) in [5, 5.41) is 13.7. The van der Waals surface area contributed by atoms with Crippen LogP contribution in [0.3, 0.4) is 0 Å². The molecule has 1 unspecified atom stereocenters. The topological polar surface area (TPSA) is 81.2 Å². The number of nitro benzene ring substituents is 1. The van der Waals surface area contributed by atoms with Gasteiger partial charge in [-0.1, -0.05) is 20.3 Å². The lowest BCUT2D eigenvalue weighted by Gasteiger charge is -2.07. The van der Waals surface area contributed by atoms with Gasteiger partial charge >= 0.3 is 0 Å². The summed E-state index contributed by atoms with van der Waals surface area (Å²) in [4.78, 5) is 14.4. The van der Waals surface area contributed by atoms with E-state index in [1.54, 1.807) is 6.07 Å². The Morgan fingerprint density at radius 3 is 3.00 bits per heavy atom. The predicted molar refractivity (Wildman–Crippen MR) is 68.6 cm³/mol. The number of benzene rings is 1. The molecule has 0 fully saturated rings. The van der Waals surface area contributed by atoms with Crippen molar-refractivity contribution in [2.75, 3.05) is 11.9 Å². The summed E-state index contributed by atoms with van der Waals surface area (Å²) in [6.45, 7) is 5.01. The number of nitrogens with zero attached hydrogens (tertiary/aromatic N) is 2. The molecule has 0 radical (unpaired) electrons. The Balaban J connectivity index is 2.19. The molecule has 0 spiro atoms. The third-order valence-electron chi connectivity index (χ3n) is 2.88. The van der Waals surface area contributed by atoms with Gasteiger partial charge in [0.1, 0.15) is 5.52 Å². The summed E-state index contributed by atoms with van der Waals surface area (Å²) in [6, 6.07) is 4.80. The molecule has 0 aliphatic rings. The van der Waals surface area contributed by atoms with Crippen molar-refractivity contribution in [1.29, 1.82) is 0 Å². The summed E-state index contributed by atoms with van der Waals surface area (Å²) in [7, 11) is 0. The zero-order valence-corrected chi connectivity index (χ0v) is 10.3. The molecule has 6 nitrogen and oxygen atoms in total. The van der Waals surface area contributed by atoms with Crippen LogP contribution >= 0.6 is 0 Å². The first kappa shape index (κ1) is 12.3. The zero-order chi connectivity index (χ0) is 13.1. The molecule has 2 aromatic rings. The van der Waals surface area contributed by atoms with Crippen LogP contribution in [0.25, 0.3) is 11.1 Å². The molecule has 1 heterocycles. The molecule has 1 aromatic carbocycles. The van der Waals surface area contributed by atoms with Crippen LogP contribution in [0.5, 0.6) is 0 Å². The first-order chi connectivity index (χ1) is 8.60. The molecule has 1 atom stereocenters. The van der Waals surface area contributed by atoms with E-state index in [9.17, 15) is 10.1 Å². The molecule has 6 heteroatoms. The number of nitrogens with one attached hydrogen (secondary N) is 1. The van der Waals surface area contributed by atoms with Crippen LogP contribution < -0.4 is 5.32 Å². The lowest BCUT2D eigenvalue weighted by atomic mass is 10.1. The number of non-ortho nitro benzene ring substituents is 1. The molecule has 2 rings (SSSR count). The van der Waals surface area contributed by atoms with Gasteiger partial charge in [0.2, 0.25) is 0 Å². The van der Waals surface area contributed by atoms with Gasteiger partial charge in [0.05, 0.1) is 11.0 Å². The summed E-state index contributed by atoms with van der Waals surface area (Å²) in [5.41, 5.74) is 1.05. The second-order valence-electron chi connectivity index (χ2n) is 4.32. The number of hydrogen-bond donors (Lipinski definition) is 1. The molecule has 0 saturated carbocycles. The van der Waals surface area contributed by atoms with Gasteiger partial charge in [-0.05, 0) is 12.0 Å². The fraction of sp³-hybridized carbons (Fsp3) is 0.417. The first-order valence-electron chi connectivity index (χ1n) is 5.89. The van der Waals surface area contributed by atoms with Gasteiger partial charge in [-0.3, -0.25) is 10.1 Å². The van der Waals surface area contributed by atoms with Crippen molar-refractivity contribution in [3.63, 3.8) is 0 Å². The fourth-order valence-electron chi connectivity index (χ4n) is 1.51. The summed E-state index contributed by atoms with van der Waals surface area (Å²) in [5.74, 6) is 0.523. The summed E-state index contributed by atoms with van der Waals surface area (Å²) < 4.78 is 5.43. The maximum Gasteiger partial charge on any atom is 0.295 e. The lowest BCUT2D eigenvalue weighted by molar-refractivity contribution is -0.384. The maximum atomic E-state index is 10.6. The number of oxazole rings is 1. The summed E-state index contributed by atoms with van der Waals surface area (Å²) in [6.07, 6.45) is 1.07. The number of hydrogen-bond acceptors (Lipinski definition) is 5. The van der Waals surface area contributed by atoms with Gasteiger partial charge in [0, 0.05) is 12.6 Å². The van der Waals surface area contributed by atoms with E-state index < -0.39 is 4.92 Å². The fourth-order valence-corrected chi connectivity index (χ4v) is 1.51. The highest BCUT2D eigenvalue weighted by Gasteiger charge is 2.11. The number of fused-ring (bicyclic) bond motifs is 1. The van der Waals surface area contributed by atoms with Gasteiger partial charge in [-0.15, -0.1) is 0 Å². The maximum absolute atomic E-state index is 10.6. The highest BCUT2D eigenvalue weighted by atomic mass is 16.6. The van der Waals surface area contributed by atoms with E-state index in [-0.39, 0.29) is 5.69 Å². The van der Waals surface area contributed by atoms with Gasteiger partial charge < -0.3 is 9.73 Å². The molecular formula is C12H15N3O3. The standard InChI is InChI=1S/C12H15N3O3/c1-3-8(2)7-13-12-14-10-5-4-9(15(16)17)6-11(10)18-12/h4-6,8H,3,7H2,1-2H3,(H,13,14). The average molecular weight is 249 g/mol. The van der Waals surface area contributed by atoms with E-state index >= 15 is 0 Å². The Morgan fingerprint density at radius 1 is 1.56 bits per heavy atom. The van der Waals surface area contributed by atoms with Crippen molar-refractivity contribution >= 4 is 22.8 Å². The largest absolute Gasteiger partial charge is 0.423 e. The molecule has 0 aliphatic heterocycles. The van der Waals surface area contributed by atoms with Crippen LogP contribution in [0.2, 0.25) is 0 Å². The van der Waals surface area contributed by atoms with E-state index in [2.05, 4.69) is 24.1 Å². The molecule has 0 bridgehead atoms. The van der Waals surface area contributed by atoms with Crippen molar-refractivity contribution in [2.24, 2.45) is 5.92 Å². The smallest absolute Gasteiger partial charge is 0.295 e. The average Bonchev–Trinajstić information content (AvgIpc) is 2.77. The quantitative estimate of drug-likeness (QED) is 0.650. The van der Waals surface area contributed by atoms with Crippen molar-refractivity contribution in [2.45, 2.75) is 20.3 Å². The highest BCUT2D eigenvalue weighted by molar-refractivity contribution is 5.77. The van der Waals surface area contributed by atoms with Crippen LogP contribution in [0.15, 0.2) is 22.6 Å². The Bertz CT molecular complexity index is 565. The molecular weight excluding hydrogens is 234 g/mol. The molecule has 1 aromatic heterocycles. The second kappa shape index (κ2) is 5.03. The first-order valence-corrected chi connectivity index (χ1v) is 5.89. The summed E-state index contributed by atoms with van der Waals surface area (Å²) >= 11 is 0. The van der Waals surface area contributed by atoms with E-state index in [4.69, 9.17) is 4.42 Å². The van der Waals surface area contributed by atoms with E-state index in [0.29, 0.717) is 23.0 Å². The van der Waals surface area contributed by atoms with E-state index in [1.807, 2.05) is 0 Å². The molecule has 0 amide bonds. The zero-order valence-electron chi connectivity index (χ0n) is 10.3. The van der Waals surface area contributed by atoms with Crippen LogP contribution in [-0.4, -0.2) is 16.5 Å². The van der Waals surface area contributed by atoms with Crippen molar-refractivity contribution in [3.8, 4) is 0 Å². The van der Waals surface area contributed by atoms with Gasteiger partial charge in [-0.2, -0.15) is 4.98 Å². The predicted octanol–water partition coefficient (Wildman–Crippen LogP) is 3.19. The normalized spacial score (nSPS) is 12.6. The Labute approximate surface area is 104 Å². The monoisotopic (exact) mass is 249 g/mol. The molecule has 96 valence electrons.